The van der Waals surface area contributed by atoms with E-state index in [0.29, 0.717) is 0 Å². The third kappa shape index (κ3) is 2.75. The van der Waals surface area contributed by atoms with Gasteiger partial charge >= 0.3 is 0 Å². The van der Waals surface area contributed by atoms with Crippen LogP contribution in [0.25, 0.3) is 11.0 Å². The summed E-state index contributed by atoms with van der Waals surface area (Å²) in [6.45, 7) is 3.64. The number of nitrogens with one attached hydrogen (secondary N) is 1. The first-order valence-corrected chi connectivity index (χ1v) is 8.31. The van der Waals surface area contributed by atoms with Crippen LogP contribution in [0.4, 0.5) is 0 Å². The number of rotatable bonds is 4. The van der Waals surface area contributed by atoms with E-state index in [2.05, 4.69) is 54.2 Å². The molecule has 2 heterocycles. The molecule has 1 aliphatic rings. The smallest absolute Gasteiger partial charge is 0.123 e. The highest BCUT2D eigenvalue weighted by Gasteiger charge is 2.12. The molecule has 1 aromatic carbocycles. The Morgan fingerprint density at radius 3 is 2.91 bits per heavy atom. The molecule has 3 aromatic rings. The molecule has 0 aliphatic heterocycles. The van der Waals surface area contributed by atoms with Crippen molar-refractivity contribution in [2.75, 3.05) is 0 Å². The lowest BCUT2D eigenvalue weighted by molar-refractivity contribution is 0.633. The van der Waals surface area contributed by atoms with Gasteiger partial charge in [-0.25, -0.2) is 4.98 Å². The SMILES string of the molecule is Cc1ccc2c(c1)nc(CNCc1ccc3c(n1)CCC3)n2C. The van der Waals surface area contributed by atoms with E-state index in [1.807, 2.05) is 0 Å². The third-order valence-corrected chi connectivity index (χ3v) is 4.70. The van der Waals surface area contributed by atoms with Crippen LogP contribution in [0.1, 0.15) is 34.8 Å². The maximum atomic E-state index is 4.77. The van der Waals surface area contributed by atoms with Gasteiger partial charge in [0.15, 0.2) is 0 Å². The number of hydrogen-bond donors (Lipinski definition) is 1. The molecule has 1 aliphatic carbocycles. The lowest BCUT2D eigenvalue weighted by Crippen LogP contribution is -2.16. The lowest BCUT2D eigenvalue weighted by atomic mass is 10.2. The van der Waals surface area contributed by atoms with E-state index in [0.717, 1.165) is 36.5 Å². The minimum Gasteiger partial charge on any atom is -0.330 e. The lowest BCUT2D eigenvalue weighted by Gasteiger charge is -2.07. The van der Waals surface area contributed by atoms with Gasteiger partial charge in [0.05, 0.1) is 23.3 Å². The summed E-state index contributed by atoms with van der Waals surface area (Å²) in [5.41, 5.74) is 7.35. The molecule has 2 aromatic heterocycles. The summed E-state index contributed by atoms with van der Waals surface area (Å²) in [5.74, 6) is 1.06. The first-order valence-electron chi connectivity index (χ1n) is 8.31. The summed E-state index contributed by atoms with van der Waals surface area (Å²) >= 11 is 0. The Bertz CT molecular complexity index is 863. The molecule has 23 heavy (non-hydrogen) atoms. The van der Waals surface area contributed by atoms with Crippen LogP contribution in [0, 0.1) is 6.92 Å². The minimum atomic E-state index is 0.753. The first kappa shape index (κ1) is 14.4. The van der Waals surface area contributed by atoms with Crippen LogP contribution in [0.15, 0.2) is 30.3 Å². The Hall–Kier alpha value is -2.20. The van der Waals surface area contributed by atoms with Crippen molar-refractivity contribution in [1.82, 2.24) is 19.9 Å². The molecule has 4 nitrogen and oxygen atoms in total. The second-order valence-corrected chi connectivity index (χ2v) is 6.44. The Kier molecular flexibility index (Phi) is 3.62. The standard InChI is InChI=1S/C19H22N4/c1-13-6-9-18-17(10-13)22-19(23(18)2)12-20-11-15-8-7-14-4-3-5-16(14)21-15/h6-10,20H,3-5,11-12H2,1-2H3. The van der Waals surface area contributed by atoms with E-state index in [4.69, 9.17) is 9.97 Å². The number of hydrogen-bond acceptors (Lipinski definition) is 3. The van der Waals surface area contributed by atoms with Crippen LogP contribution in [0.5, 0.6) is 0 Å². The molecule has 0 unspecified atom stereocenters. The van der Waals surface area contributed by atoms with Crippen LogP contribution in [-0.4, -0.2) is 14.5 Å². The highest BCUT2D eigenvalue weighted by molar-refractivity contribution is 5.76. The highest BCUT2D eigenvalue weighted by atomic mass is 15.1. The zero-order valence-corrected chi connectivity index (χ0v) is 13.8. The van der Waals surface area contributed by atoms with E-state index in [-0.39, 0.29) is 0 Å². The Labute approximate surface area is 136 Å². The predicted octanol–water partition coefficient (Wildman–Crippen LogP) is 3.06. The molecule has 0 saturated carbocycles. The van der Waals surface area contributed by atoms with Crippen molar-refractivity contribution in [2.24, 2.45) is 7.05 Å². The monoisotopic (exact) mass is 306 g/mol. The first-order chi connectivity index (χ1) is 11.2. The number of fused-ring (bicyclic) bond motifs is 2. The fourth-order valence-electron chi connectivity index (χ4n) is 3.38. The average molecular weight is 306 g/mol. The summed E-state index contributed by atoms with van der Waals surface area (Å²) in [7, 11) is 2.08. The number of pyridine rings is 1. The van der Waals surface area contributed by atoms with Crippen LogP contribution in [0.3, 0.4) is 0 Å². The van der Waals surface area contributed by atoms with Gasteiger partial charge in [-0.05, 0) is 55.5 Å². The predicted molar refractivity (Wildman–Crippen MR) is 92.3 cm³/mol. The van der Waals surface area contributed by atoms with Crippen molar-refractivity contribution in [3.05, 3.63) is 58.7 Å². The number of benzene rings is 1. The summed E-state index contributed by atoms with van der Waals surface area (Å²) in [6, 6.07) is 10.8. The van der Waals surface area contributed by atoms with Crippen LogP contribution < -0.4 is 5.32 Å². The number of nitrogens with zero attached hydrogens (tertiary/aromatic N) is 3. The zero-order valence-electron chi connectivity index (χ0n) is 13.8. The maximum absolute atomic E-state index is 4.77. The molecule has 0 radical (unpaired) electrons. The number of aromatic nitrogens is 3. The fourth-order valence-corrected chi connectivity index (χ4v) is 3.38. The van der Waals surface area contributed by atoms with Crippen molar-refractivity contribution in [1.29, 1.82) is 0 Å². The number of imidazole rings is 1. The van der Waals surface area contributed by atoms with Gasteiger partial charge in [0.2, 0.25) is 0 Å². The van der Waals surface area contributed by atoms with Crippen molar-refractivity contribution in [2.45, 2.75) is 39.3 Å². The second kappa shape index (κ2) is 5.78. The van der Waals surface area contributed by atoms with Gasteiger partial charge in [-0.2, -0.15) is 0 Å². The van der Waals surface area contributed by atoms with Gasteiger partial charge < -0.3 is 9.88 Å². The summed E-state index contributed by atoms with van der Waals surface area (Å²) in [6.07, 6.45) is 3.57. The third-order valence-electron chi connectivity index (χ3n) is 4.70. The van der Waals surface area contributed by atoms with E-state index in [1.165, 1.54) is 35.2 Å². The van der Waals surface area contributed by atoms with Crippen LogP contribution >= 0.6 is 0 Å². The highest BCUT2D eigenvalue weighted by Crippen LogP contribution is 2.20. The Morgan fingerprint density at radius 2 is 2.00 bits per heavy atom. The average Bonchev–Trinajstić information content (AvgIpc) is 3.12. The van der Waals surface area contributed by atoms with Gasteiger partial charge in [-0.1, -0.05) is 12.1 Å². The molecule has 0 amide bonds. The molecule has 4 heteroatoms. The van der Waals surface area contributed by atoms with Crippen molar-refractivity contribution >= 4 is 11.0 Å². The molecular weight excluding hydrogens is 284 g/mol. The Balaban J connectivity index is 1.46. The molecule has 4 rings (SSSR count). The van der Waals surface area contributed by atoms with Gasteiger partial charge in [-0.3, -0.25) is 4.98 Å². The Morgan fingerprint density at radius 1 is 1.09 bits per heavy atom. The fraction of sp³-hybridized carbons (Fsp3) is 0.368. The van der Waals surface area contributed by atoms with Gasteiger partial charge in [0, 0.05) is 19.3 Å². The van der Waals surface area contributed by atoms with E-state index in [1.54, 1.807) is 0 Å². The summed E-state index contributed by atoms with van der Waals surface area (Å²) < 4.78 is 2.16. The van der Waals surface area contributed by atoms with Crippen molar-refractivity contribution in [3.63, 3.8) is 0 Å². The summed E-state index contributed by atoms with van der Waals surface area (Å²) in [4.78, 5) is 9.51. The van der Waals surface area contributed by atoms with Crippen LogP contribution in [-0.2, 0) is 33.0 Å². The normalized spacial score (nSPS) is 13.7. The molecule has 1 N–H and O–H groups in total. The van der Waals surface area contributed by atoms with Gasteiger partial charge in [0.1, 0.15) is 5.82 Å². The van der Waals surface area contributed by atoms with Crippen molar-refractivity contribution < 1.29 is 0 Å². The van der Waals surface area contributed by atoms with Crippen molar-refractivity contribution in [3.8, 4) is 0 Å². The van der Waals surface area contributed by atoms with E-state index >= 15 is 0 Å². The largest absolute Gasteiger partial charge is 0.330 e. The molecule has 0 saturated heterocycles. The molecule has 0 atom stereocenters. The molecule has 0 bridgehead atoms. The van der Waals surface area contributed by atoms with E-state index < -0.39 is 0 Å². The van der Waals surface area contributed by atoms with Gasteiger partial charge in [0.25, 0.3) is 0 Å². The minimum absolute atomic E-state index is 0.753. The number of aryl methyl sites for hydroxylation is 4. The van der Waals surface area contributed by atoms with E-state index in [9.17, 15) is 0 Å². The zero-order chi connectivity index (χ0) is 15.8. The second-order valence-electron chi connectivity index (χ2n) is 6.44. The van der Waals surface area contributed by atoms with Crippen LogP contribution in [0.2, 0.25) is 0 Å². The molecule has 118 valence electrons. The van der Waals surface area contributed by atoms with Gasteiger partial charge in [-0.15, -0.1) is 0 Å². The molecular formula is C19H22N4. The topological polar surface area (TPSA) is 42.7 Å². The maximum Gasteiger partial charge on any atom is 0.123 e. The quantitative estimate of drug-likeness (QED) is 0.805. The molecule has 0 spiro atoms. The summed E-state index contributed by atoms with van der Waals surface area (Å²) in [5, 5.41) is 3.48. The molecule has 0 fully saturated rings.